The molecule has 3 heterocycles. The number of amides is 3. The number of hydrogen-bond acceptors (Lipinski definition) is 6. The van der Waals surface area contributed by atoms with Gasteiger partial charge in [-0.3, -0.25) is 14.4 Å². The van der Waals surface area contributed by atoms with E-state index >= 15 is 0 Å². The first-order valence-electron chi connectivity index (χ1n) is 12.3. The summed E-state index contributed by atoms with van der Waals surface area (Å²) in [6.07, 6.45) is 2.80. The molecule has 1 aromatic carbocycles. The van der Waals surface area contributed by atoms with Crippen molar-refractivity contribution in [1.82, 2.24) is 10.2 Å². The highest BCUT2D eigenvalue weighted by Crippen LogP contribution is 2.60. The van der Waals surface area contributed by atoms with Gasteiger partial charge < -0.3 is 30.1 Å². The summed E-state index contributed by atoms with van der Waals surface area (Å²) < 4.78 is 11.6. The molecule has 3 N–H and O–H groups in total. The fourth-order valence-electron chi connectivity index (χ4n) is 5.79. The van der Waals surface area contributed by atoms with Gasteiger partial charge in [0.25, 0.3) is 0 Å². The number of fused-ring (bicyclic) bond motifs is 1. The van der Waals surface area contributed by atoms with Crippen LogP contribution >= 0.6 is 15.9 Å². The zero-order valence-electron chi connectivity index (χ0n) is 20.2. The van der Waals surface area contributed by atoms with Crippen LogP contribution in [0.1, 0.15) is 39.0 Å². The van der Waals surface area contributed by atoms with E-state index in [1.54, 1.807) is 36.3 Å². The van der Waals surface area contributed by atoms with Crippen LogP contribution in [0.15, 0.2) is 24.3 Å². The van der Waals surface area contributed by atoms with Gasteiger partial charge in [-0.1, -0.05) is 22.9 Å². The molecule has 4 rings (SSSR count). The van der Waals surface area contributed by atoms with Crippen molar-refractivity contribution in [2.24, 2.45) is 11.8 Å². The molecule has 0 aromatic heterocycles. The summed E-state index contributed by atoms with van der Waals surface area (Å²) in [4.78, 5) is 42.1. The average molecular weight is 552 g/mol. The minimum atomic E-state index is -1.07. The van der Waals surface area contributed by atoms with Crippen LogP contribution in [0, 0.1) is 11.8 Å². The van der Waals surface area contributed by atoms with E-state index in [1.165, 1.54) is 0 Å². The van der Waals surface area contributed by atoms with Crippen LogP contribution in [-0.4, -0.2) is 77.1 Å². The number of methoxy groups -OCH3 is 1. The number of nitrogens with one attached hydrogen (secondary N) is 2. The summed E-state index contributed by atoms with van der Waals surface area (Å²) in [5.41, 5.74) is -0.485. The van der Waals surface area contributed by atoms with Crippen molar-refractivity contribution in [1.29, 1.82) is 0 Å². The highest BCUT2D eigenvalue weighted by molar-refractivity contribution is 9.09. The molecule has 9 nitrogen and oxygen atoms in total. The predicted molar refractivity (Wildman–Crippen MR) is 133 cm³/mol. The highest BCUT2D eigenvalue weighted by Gasteiger charge is 2.76. The van der Waals surface area contributed by atoms with Crippen molar-refractivity contribution in [3.8, 4) is 5.75 Å². The first-order valence-corrected chi connectivity index (χ1v) is 13.2. The number of hydrogen-bond donors (Lipinski definition) is 3. The number of carbonyl (C=O) groups excluding carboxylic acids is 3. The minimum Gasteiger partial charge on any atom is -0.497 e. The molecule has 3 unspecified atom stereocenters. The van der Waals surface area contributed by atoms with Crippen LogP contribution in [0.5, 0.6) is 5.75 Å². The van der Waals surface area contributed by atoms with Crippen molar-refractivity contribution in [3.05, 3.63) is 24.3 Å². The molecule has 192 valence electrons. The Morgan fingerprint density at radius 1 is 1.23 bits per heavy atom. The molecule has 1 aromatic rings. The number of benzene rings is 1. The number of ether oxygens (including phenoxy) is 2. The number of aliphatic hydroxyl groups excluding tert-OH is 1. The van der Waals surface area contributed by atoms with E-state index < -0.39 is 29.6 Å². The van der Waals surface area contributed by atoms with Gasteiger partial charge in [-0.2, -0.15) is 0 Å². The van der Waals surface area contributed by atoms with Gasteiger partial charge in [0.1, 0.15) is 17.4 Å². The Morgan fingerprint density at radius 2 is 1.97 bits per heavy atom. The maximum Gasteiger partial charge on any atom is 0.250 e. The van der Waals surface area contributed by atoms with Crippen LogP contribution in [0.3, 0.4) is 0 Å². The summed E-state index contributed by atoms with van der Waals surface area (Å²) in [6.45, 7) is 2.94. The second kappa shape index (κ2) is 10.8. The van der Waals surface area contributed by atoms with Crippen LogP contribution in [0.2, 0.25) is 0 Å². The minimum absolute atomic E-state index is 0.0810. The molecule has 0 aliphatic carbocycles. The van der Waals surface area contributed by atoms with Crippen LogP contribution in [-0.2, 0) is 19.1 Å². The van der Waals surface area contributed by atoms with E-state index in [9.17, 15) is 14.4 Å². The summed E-state index contributed by atoms with van der Waals surface area (Å²) in [6, 6.07) is 6.14. The fourth-order valence-corrected chi connectivity index (χ4v) is 6.73. The van der Waals surface area contributed by atoms with E-state index in [4.69, 9.17) is 14.6 Å². The lowest BCUT2D eigenvalue weighted by Gasteiger charge is -2.34. The number of unbranched alkanes of at least 4 members (excludes halogenated alkanes) is 2. The number of nitrogens with zero attached hydrogens (tertiary/aromatic N) is 1. The maximum absolute atomic E-state index is 13.8. The first-order chi connectivity index (χ1) is 16.9. The summed E-state index contributed by atoms with van der Waals surface area (Å²) >= 11 is 3.67. The lowest BCUT2D eigenvalue weighted by atomic mass is 9.70. The number of likely N-dealkylation sites (tertiary alicyclic amines) is 1. The van der Waals surface area contributed by atoms with Crippen molar-refractivity contribution < 1.29 is 29.0 Å². The van der Waals surface area contributed by atoms with Gasteiger partial charge in [0.05, 0.1) is 25.0 Å². The molecule has 1 spiro atoms. The van der Waals surface area contributed by atoms with Crippen LogP contribution < -0.4 is 15.4 Å². The van der Waals surface area contributed by atoms with E-state index in [-0.39, 0.29) is 29.2 Å². The Labute approximate surface area is 214 Å². The topological polar surface area (TPSA) is 117 Å². The van der Waals surface area contributed by atoms with E-state index in [1.807, 2.05) is 6.92 Å². The van der Waals surface area contributed by atoms with Crippen molar-refractivity contribution >= 4 is 39.3 Å². The Morgan fingerprint density at radius 3 is 2.63 bits per heavy atom. The summed E-state index contributed by atoms with van der Waals surface area (Å²) in [5.74, 6) is -1.42. The lowest BCUT2D eigenvalue weighted by molar-refractivity contribution is -0.140. The Kier molecular flexibility index (Phi) is 8.02. The van der Waals surface area contributed by atoms with Crippen molar-refractivity contribution in [2.45, 2.75) is 61.6 Å². The van der Waals surface area contributed by atoms with Gasteiger partial charge in [-0.25, -0.2) is 0 Å². The fraction of sp³-hybridized carbons (Fsp3) is 0.640. The highest BCUT2D eigenvalue weighted by atomic mass is 79.9. The van der Waals surface area contributed by atoms with Crippen molar-refractivity contribution in [2.75, 3.05) is 32.1 Å². The third kappa shape index (κ3) is 4.68. The zero-order valence-corrected chi connectivity index (χ0v) is 21.8. The Bertz CT molecular complexity index is 944. The molecule has 3 aliphatic heterocycles. The summed E-state index contributed by atoms with van der Waals surface area (Å²) in [5, 5.41) is 15.0. The molecule has 35 heavy (non-hydrogen) atoms. The maximum atomic E-state index is 13.8. The summed E-state index contributed by atoms with van der Waals surface area (Å²) in [7, 11) is 1.57. The molecule has 0 radical (unpaired) electrons. The smallest absolute Gasteiger partial charge is 0.250 e. The number of anilines is 1. The molecule has 3 saturated heterocycles. The van der Waals surface area contributed by atoms with Crippen molar-refractivity contribution in [3.63, 3.8) is 0 Å². The van der Waals surface area contributed by atoms with E-state index in [0.29, 0.717) is 43.8 Å². The number of halogens is 1. The second-order valence-electron chi connectivity index (χ2n) is 9.49. The van der Waals surface area contributed by atoms with E-state index in [2.05, 4.69) is 26.6 Å². The van der Waals surface area contributed by atoms with Crippen LogP contribution in [0.25, 0.3) is 0 Å². The van der Waals surface area contributed by atoms with E-state index in [0.717, 1.165) is 12.8 Å². The van der Waals surface area contributed by atoms with Crippen LogP contribution in [0.4, 0.5) is 5.69 Å². The Balaban J connectivity index is 1.64. The quantitative estimate of drug-likeness (QED) is 0.286. The molecule has 2 bridgehead atoms. The monoisotopic (exact) mass is 551 g/mol. The zero-order chi connectivity index (χ0) is 25.2. The third-order valence-electron chi connectivity index (χ3n) is 7.30. The average Bonchev–Trinajstić information content (AvgIpc) is 3.44. The Hall–Kier alpha value is -2.17. The molecule has 3 aliphatic rings. The third-order valence-corrected chi connectivity index (χ3v) is 8.15. The first kappa shape index (κ1) is 25.9. The number of alkyl halides is 1. The standard InChI is InChI=1S/C25H34BrN3O6/c1-3-11-27-22(31)18-19-24(33)29(12-5-4-6-13-30)21(25(19)14-17(26)20(18)35-25)23(32)28-15-7-9-16(34-2)10-8-15/h7-10,17-21,30H,3-6,11-14H2,1-2H3,(H,27,31)(H,28,32)/t17?,18-,19-,20-,21?,25?/m0/s1. The number of aliphatic hydroxyl groups is 1. The lowest BCUT2D eigenvalue weighted by Crippen LogP contribution is -2.54. The van der Waals surface area contributed by atoms with Gasteiger partial charge in [0.2, 0.25) is 17.7 Å². The molecular formula is C25H34BrN3O6. The number of carbonyl (C=O) groups is 3. The van der Waals surface area contributed by atoms with Gasteiger partial charge in [0.15, 0.2) is 0 Å². The van der Waals surface area contributed by atoms with Gasteiger partial charge in [-0.15, -0.1) is 0 Å². The predicted octanol–water partition coefficient (Wildman–Crippen LogP) is 2.07. The van der Waals surface area contributed by atoms with Gasteiger partial charge in [0, 0.05) is 30.2 Å². The van der Waals surface area contributed by atoms with Gasteiger partial charge >= 0.3 is 0 Å². The number of rotatable bonds is 11. The molecule has 0 saturated carbocycles. The molecular weight excluding hydrogens is 518 g/mol. The van der Waals surface area contributed by atoms with Gasteiger partial charge in [-0.05, 0) is 56.4 Å². The second-order valence-corrected chi connectivity index (χ2v) is 10.7. The largest absolute Gasteiger partial charge is 0.497 e. The molecule has 10 heteroatoms. The molecule has 3 fully saturated rings. The SMILES string of the molecule is CCCNC(=O)[C@H]1[C@H]2C(=O)N(CCCCCO)C(C(=O)Nc3ccc(OC)cc3)C23CC(Br)[C@@H]1O3. The molecule has 6 atom stereocenters. The molecule has 3 amide bonds. The normalized spacial score (nSPS) is 30.9.